The third kappa shape index (κ3) is 4.30. The maximum Gasteiger partial charge on any atom is 0.251 e. The van der Waals surface area contributed by atoms with Gasteiger partial charge in [-0.05, 0) is 43.4 Å². The molecule has 3 nitrogen and oxygen atoms in total. The molecule has 17 heavy (non-hydrogen) atoms. The quantitative estimate of drug-likeness (QED) is 0.791. The van der Waals surface area contributed by atoms with E-state index in [1.54, 1.807) is 12.1 Å². The van der Waals surface area contributed by atoms with Crippen molar-refractivity contribution in [3.05, 3.63) is 29.3 Å². The molecule has 1 aromatic rings. The summed E-state index contributed by atoms with van der Waals surface area (Å²) >= 11 is 1.82. The largest absolute Gasteiger partial charge is 0.399 e. The van der Waals surface area contributed by atoms with Crippen LogP contribution in [0.5, 0.6) is 0 Å². The fourth-order valence-electron chi connectivity index (χ4n) is 1.46. The van der Waals surface area contributed by atoms with Crippen LogP contribution in [0, 0.1) is 6.92 Å². The molecule has 3 N–H and O–H groups in total. The zero-order valence-corrected chi connectivity index (χ0v) is 11.4. The molecule has 0 heterocycles. The fourth-order valence-corrected chi connectivity index (χ4v) is 2.13. The van der Waals surface area contributed by atoms with E-state index in [9.17, 15) is 4.79 Å². The molecule has 94 valence electrons. The van der Waals surface area contributed by atoms with Gasteiger partial charge < -0.3 is 11.1 Å². The maximum atomic E-state index is 11.9. The second-order valence-corrected chi connectivity index (χ2v) is 5.42. The third-order valence-electron chi connectivity index (χ3n) is 2.48. The minimum absolute atomic E-state index is 0.0303. The summed E-state index contributed by atoms with van der Waals surface area (Å²) in [5, 5.41) is 2.98. The summed E-state index contributed by atoms with van der Waals surface area (Å²) in [6.45, 7) is 6.04. The number of thioether (sulfide) groups is 1. The number of carbonyl (C=O) groups excluding carboxylic acids is 1. The molecule has 4 heteroatoms. The Hall–Kier alpha value is -1.16. The predicted octanol–water partition coefficient (Wildman–Crippen LogP) is 2.45. The lowest BCUT2D eigenvalue weighted by molar-refractivity contribution is 0.0943. The highest BCUT2D eigenvalue weighted by Crippen LogP contribution is 2.13. The van der Waals surface area contributed by atoms with Crippen LogP contribution in [0.3, 0.4) is 0 Å². The van der Waals surface area contributed by atoms with Crippen molar-refractivity contribution < 1.29 is 4.79 Å². The van der Waals surface area contributed by atoms with Gasteiger partial charge in [0.25, 0.3) is 5.91 Å². The van der Waals surface area contributed by atoms with Crippen molar-refractivity contribution in [2.75, 3.05) is 17.2 Å². The summed E-state index contributed by atoms with van der Waals surface area (Å²) < 4.78 is 0. The van der Waals surface area contributed by atoms with E-state index in [1.165, 1.54) is 0 Å². The van der Waals surface area contributed by atoms with E-state index in [0.29, 0.717) is 5.56 Å². The Bertz CT molecular complexity index is 393. The highest BCUT2D eigenvalue weighted by atomic mass is 32.2. The van der Waals surface area contributed by atoms with Crippen LogP contribution >= 0.6 is 11.8 Å². The van der Waals surface area contributed by atoms with Crippen molar-refractivity contribution >= 4 is 23.4 Å². The molecule has 1 amide bonds. The normalized spacial score (nSPS) is 12.2. The van der Waals surface area contributed by atoms with Gasteiger partial charge in [0.05, 0.1) is 0 Å². The van der Waals surface area contributed by atoms with Crippen LogP contribution in [-0.4, -0.2) is 23.5 Å². The predicted molar refractivity (Wildman–Crippen MR) is 75.5 cm³/mol. The molecule has 0 aliphatic carbocycles. The number of benzene rings is 1. The van der Waals surface area contributed by atoms with Gasteiger partial charge in [0.1, 0.15) is 0 Å². The Morgan fingerprint density at radius 1 is 1.53 bits per heavy atom. The number of carbonyl (C=O) groups is 1. The molecular weight excluding hydrogens is 232 g/mol. The van der Waals surface area contributed by atoms with E-state index < -0.39 is 0 Å². The lowest BCUT2D eigenvalue weighted by Gasteiger charge is -2.13. The zero-order chi connectivity index (χ0) is 12.8. The summed E-state index contributed by atoms with van der Waals surface area (Å²) in [5.74, 6) is 1.98. The molecule has 1 rings (SSSR count). The number of nitrogens with two attached hydrogens (primary N) is 1. The number of nitrogen functional groups attached to an aromatic ring is 1. The number of hydrogen-bond donors (Lipinski definition) is 2. The Morgan fingerprint density at radius 2 is 2.24 bits per heavy atom. The number of nitrogens with one attached hydrogen (secondary N) is 1. The molecule has 1 unspecified atom stereocenters. The zero-order valence-electron chi connectivity index (χ0n) is 10.6. The lowest BCUT2D eigenvalue weighted by atomic mass is 10.1. The van der Waals surface area contributed by atoms with E-state index in [-0.39, 0.29) is 11.9 Å². The van der Waals surface area contributed by atoms with E-state index in [2.05, 4.69) is 12.2 Å². The monoisotopic (exact) mass is 252 g/mol. The SMILES string of the molecule is CCSCC(C)NC(=O)c1ccc(N)c(C)c1. The first kappa shape index (κ1) is 13.9. The average Bonchev–Trinajstić information content (AvgIpc) is 2.30. The highest BCUT2D eigenvalue weighted by molar-refractivity contribution is 7.99. The van der Waals surface area contributed by atoms with Gasteiger partial charge in [-0.15, -0.1) is 0 Å². The van der Waals surface area contributed by atoms with Crippen LogP contribution in [0.15, 0.2) is 18.2 Å². The summed E-state index contributed by atoms with van der Waals surface area (Å²) in [7, 11) is 0. The summed E-state index contributed by atoms with van der Waals surface area (Å²) in [5.41, 5.74) is 8.05. The first-order valence-electron chi connectivity index (χ1n) is 5.79. The van der Waals surface area contributed by atoms with Crippen LogP contribution in [0.25, 0.3) is 0 Å². The topological polar surface area (TPSA) is 55.1 Å². The second-order valence-electron chi connectivity index (χ2n) is 4.11. The van der Waals surface area contributed by atoms with Crippen LogP contribution < -0.4 is 11.1 Å². The number of rotatable bonds is 5. The number of hydrogen-bond acceptors (Lipinski definition) is 3. The highest BCUT2D eigenvalue weighted by Gasteiger charge is 2.10. The van der Waals surface area contributed by atoms with E-state index >= 15 is 0 Å². The second kappa shape index (κ2) is 6.55. The van der Waals surface area contributed by atoms with Crippen LogP contribution in [0.1, 0.15) is 29.8 Å². The van der Waals surface area contributed by atoms with Gasteiger partial charge in [0.15, 0.2) is 0 Å². The molecule has 1 aromatic carbocycles. The number of amides is 1. The summed E-state index contributed by atoms with van der Waals surface area (Å²) in [4.78, 5) is 11.9. The molecule has 0 spiro atoms. The van der Waals surface area contributed by atoms with Gasteiger partial charge >= 0.3 is 0 Å². The van der Waals surface area contributed by atoms with Crippen molar-refractivity contribution in [2.24, 2.45) is 0 Å². The summed E-state index contributed by atoms with van der Waals surface area (Å²) in [6.07, 6.45) is 0. The smallest absolute Gasteiger partial charge is 0.251 e. The molecule has 0 aliphatic rings. The maximum absolute atomic E-state index is 11.9. The molecule has 0 aromatic heterocycles. The molecule has 0 bridgehead atoms. The number of anilines is 1. The number of aryl methyl sites for hydroxylation is 1. The fraction of sp³-hybridized carbons (Fsp3) is 0.462. The molecular formula is C13H20N2OS. The van der Waals surface area contributed by atoms with Crippen LogP contribution in [0.4, 0.5) is 5.69 Å². The molecule has 0 saturated heterocycles. The first-order valence-corrected chi connectivity index (χ1v) is 6.94. The molecule has 0 saturated carbocycles. The van der Waals surface area contributed by atoms with Crippen molar-refractivity contribution in [3.8, 4) is 0 Å². The van der Waals surface area contributed by atoms with E-state index in [0.717, 1.165) is 22.8 Å². The minimum Gasteiger partial charge on any atom is -0.399 e. The molecule has 0 radical (unpaired) electrons. The first-order chi connectivity index (χ1) is 8.04. The van der Waals surface area contributed by atoms with Crippen LogP contribution in [0.2, 0.25) is 0 Å². The third-order valence-corrected chi connectivity index (χ3v) is 3.63. The average molecular weight is 252 g/mol. The van der Waals surface area contributed by atoms with Gasteiger partial charge in [0.2, 0.25) is 0 Å². The molecule has 0 aliphatic heterocycles. The van der Waals surface area contributed by atoms with E-state index in [4.69, 9.17) is 5.73 Å². The molecule has 1 atom stereocenters. The van der Waals surface area contributed by atoms with Gasteiger partial charge in [0, 0.05) is 23.0 Å². The van der Waals surface area contributed by atoms with Gasteiger partial charge in [-0.2, -0.15) is 11.8 Å². The van der Waals surface area contributed by atoms with E-state index in [1.807, 2.05) is 31.7 Å². The Morgan fingerprint density at radius 3 is 2.82 bits per heavy atom. The van der Waals surface area contributed by atoms with Gasteiger partial charge in [-0.1, -0.05) is 6.92 Å². The van der Waals surface area contributed by atoms with Crippen molar-refractivity contribution in [1.29, 1.82) is 0 Å². The van der Waals surface area contributed by atoms with Crippen molar-refractivity contribution in [1.82, 2.24) is 5.32 Å². The van der Waals surface area contributed by atoms with Crippen LogP contribution in [-0.2, 0) is 0 Å². The van der Waals surface area contributed by atoms with Gasteiger partial charge in [-0.3, -0.25) is 4.79 Å². The summed E-state index contributed by atoms with van der Waals surface area (Å²) in [6, 6.07) is 5.54. The van der Waals surface area contributed by atoms with Gasteiger partial charge in [-0.25, -0.2) is 0 Å². The van der Waals surface area contributed by atoms with Crippen molar-refractivity contribution in [2.45, 2.75) is 26.8 Å². The lowest BCUT2D eigenvalue weighted by Crippen LogP contribution is -2.34. The minimum atomic E-state index is -0.0303. The Kier molecular flexibility index (Phi) is 5.35. The Balaban J connectivity index is 2.60. The standard InChI is InChI=1S/C13H20N2OS/c1-4-17-8-10(3)15-13(16)11-5-6-12(14)9(2)7-11/h5-7,10H,4,8,14H2,1-3H3,(H,15,16). The molecule has 0 fully saturated rings. The Labute approximate surface area is 107 Å². The van der Waals surface area contributed by atoms with Crippen molar-refractivity contribution in [3.63, 3.8) is 0 Å².